The van der Waals surface area contributed by atoms with Crippen LogP contribution in [0.4, 0.5) is 0 Å². The van der Waals surface area contributed by atoms with Crippen molar-refractivity contribution in [1.82, 2.24) is 0 Å². The van der Waals surface area contributed by atoms with Gasteiger partial charge in [-0.3, -0.25) is 0 Å². The van der Waals surface area contributed by atoms with E-state index in [-0.39, 0.29) is 13.2 Å². The van der Waals surface area contributed by atoms with Crippen LogP contribution in [0.3, 0.4) is 0 Å². The first kappa shape index (κ1) is 14.1. The molecule has 2 aromatic carbocycles. The monoisotopic (exact) mass is 269 g/mol. The van der Waals surface area contributed by atoms with Crippen molar-refractivity contribution in [3.8, 4) is 11.8 Å². The first-order valence-corrected chi connectivity index (χ1v) is 6.17. The molecule has 20 heavy (non-hydrogen) atoms. The highest BCUT2D eigenvalue weighted by molar-refractivity contribution is 5.97. The van der Waals surface area contributed by atoms with Gasteiger partial charge in [0.25, 0.3) is 0 Å². The maximum absolute atomic E-state index is 9.52. The Balaban J connectivity index is 2.82. The van der Waals surface area contributed by atoms with Crippen LogP contribution >= 0.6 is 0 Å². The maximum Gasteiger partial charge on any atom is 0.127 e. The molecular weight excluding hydrogens is 254 g/mol. The summed E-state index contributed by atoms with van der Waals surface area (Å²) in [5.41, 5.74) is 1.82. The van der Waals surface area contributed by atoms with Crippen molar-refractivity contribution in [2.75, 3.05) is 20.3 Å². The molecule has 0 heterocycles. The van der Waals surface area contributed by atoms with Gasteiger partial charge in [0.1, 0.15) is 5.75 Å². The summed E-state index contributed by atoms with van der Waals surface area (Å²) in [7, 11) is 1.55. The summed E-state index contributed by atoms with van der Waals surface area (Å²) < 4.78 is 5.34. The molecule has 2 aromatic rings. The van der Waals surface area contributed by atoms with E-state index in [0.717, 1.165) is 10.8 Å². The van der Waals surface area contributed by atoms with Crippen molar-refractivity contribution in [3.05, 3.63) is 47.5 Å². The van der Waals surface area contributed by atoms with Crippen molar-refractivity contribution in [2.45, 2.75) is 0 Å². The molecule has 0 bridgehead atoms. The zero-order valence-corrected chi connectivity index (χ0v) is 11.1. The topological polar surface area (TPSA) is 73.5 Å². The van der Waals surface area contributed by atoms with Crippen molar-refractivity contribution in [1.29, 1.82) is 5.26 Å². The number of aliphatic hydroxyl groups is 2. The molecule has 0 saturated carbocycles. The number of methoxy groups -OCH3 is 1. The summed E-state index contributed by atoms with van der Waals surface area (Å²) >= 11 is 0. The summed E-state index contributed by atoms with van der Waals surface area (Å²) in [6.07, 6.45) is 1.54. The number of hydrogen-bond acceptors (Lipinski definition) is 4. The molecular formula is C16H15NO3. The summed E-state index contributed by atoms with van der Waals surface area (Å²) in [5.74, 6) is 0.598. The molecule has 0 spiro atoms. The Bertz CT molecular complexity index is 699. The molecule has 4 heteroatoms. The summed E-state index contributed by atoms with van der Waals surface area (Å²) in [5, 5.41) is 29.4. The number of ether oxygens (including phenoxy) is 1. The first-order valence-electron chi connectivity index (χ1n) is 6.17. The third-order valence-corrected chi connectivity index (χ3v) is 3.16. The summed E-state index contributed by atoms with van der Waals surface area (Å²) in [6, 6.07) is 11.2. The lowest BCUT2D eigenvalue weighted by atomic mass is 9.96. The van der Waals surface area contributed by atoms with Gasteiger partial charge in [-0.05, 0) is 34.5 Å². The number of aliphatic hydroxyl groups excluding tert-OH is 2. The fraction of sp³-hybridized carbons (Fsp3) is 0.188. The number of rotatable bonds is 4. The molecule has 4 nitrogen and oxygen atoms in total. The molecule has 2 N–H and O–H groups in total. The Kier molecular flexibility index (Phi) is 4.36. The van der Waals surface area contributed by atoms with Gasteiger partial charge in [0.05, 0.1) is 32.0 Å². The molecule has 0 radical (unpaired) electrons. The van der Waals surface area contributed by atoms with Gasteiger partial charge in [-0.2, -0.15) is 5.26 Å². The Hall–Kier alpha value is -2.35. The average Bonchev–Trinajstić information content (AvgIpc) is 2.51. The maximum atomic E-state index is 9.52. The first-order chi connectivity index (χ1) is 9.74. The third-order valence-electron chi connectivity index (χ3n) is 3.16. The Morgan fingerprint density at radius 3 is 2.65 bits per heavy atom. The fourth-order valence-electron chi connectivity index (χ4n) is 2.23. The van der Waals surface area contributed by atoms with Crippen LogP contribution in [0.25, 0.3) is 16.3 Å². The van der Waals surface area contributed by atoms with Crippen molar-refractivity contribution >= 4 is 16.3 Å². The summed E-state index contributed by atoms with van der Waals surface area (Å²) in [4.78, 5) is 0. The molecule has 2 rings (SSSR count). The van der Waals surface area contributed by atoms with E-state index >= 15 is 0 Å². The van der Waals surface area contributed by atoms with Gasteiger partial charge >= 0.3 is 0 Å². The lowest BCUT2D eigenvalue weighted by molar-refractivity contribution is 0.333. The number of benzene rings is 2. The zero-order chi connectivity index (χ0) is 14.5. The molecule has 102 valence electrons. The van der Waals surface area contributed by atoms with Crippen LogP contribution in [0.5, 0.6) is 5.75 Å². The molecule has 0 saturated heterocycles. The molecule has 0 aliphatic rings. The van der Waals surface area contributed by atoms with Crippen LogP contribution in [0.1, 0.15) is 11.1 Å². The molecule has 0 aromatic heterocycles. The van der Waals surface area contributed by atoms with E-state index in [4.69, 9.17) is 15.1 Å². The summed E-state index contributed by atoms with van der Waals surface area (Å²) in [6.45, 7) is -0.389. The van der Waals surface area contributed by atoms with E-state index in [1.54, 1.807) is 19.2 Å². The van der Waals surface area contributed by atoms with Gasteiger partial charge in [-0.1, -0.05) is 18.2 Å². The van der Waals surface area contributed by atoms with Gasteiger partial charge in [-0.15, -0.1) is 0 Å². The van der Waals surface area contributed by atoms with Crippen molar-refractivity contribution in [3.63, 3.8) is 0 Å². The Morgan fingerprint density at radius 2 is 2.05 bits per heavy atom. The minimum atomic E-state index is -0.215. The second-order valence-electron chi connectivity index (χ2n) is 4.26. The van der Waals surface area contributed by atoms with Gasteiger partial charge in [-0.25, -0.2) is 0 Å². The highest BCUT2D eigenvalue weighted by Crippen LogP contribution is 2.34. The minimum absolute atomic E-state index is 0.173. The second-order valence-corrected chi connectivity index (χ2v) is 4.26. The Labute approximate surface area is 117 Å². The van der Waals surface area contributed by atoms with Crippen LogP contribution in [-0.2, 0) is 0 Å². The minimum Gasteiger partial charge on any atom is -0.496 e. The lowest BCUT2D eigenvalue weighted by Gasteiger charge is -2.14. The van der Waals surface area contributed by atoms with Gasteiger partial charge in [0, 0.05) is 5.56 Å². The van der Waals surface area contributed by atoms with Crippen LogP contribution < -0.4 is 4.74 Å². The lowest BCUT2D eigenvalue weighted by Crippen LogP contribution is -1.98. The standard InChI is InChI=1S/C16H15NO3/c1-20-15-5-4-12-3-2-11(9-17)8-14(12)16(15)13(10-19)6-7-18/h2-6,8,18-19H,7,10H2,1H3/b13-6-. The highest BCUT2D eigenvalue weighted by Gasteiger charge is 2.13. The van der Waals surface area contributed by atoms with Crippen LogP contribution in [-0.4, -0.2) is 30.5 Å². The van der Waals surface area contributed by atoms with Crippen molar-refractivity contribution < 1.29 is 14.9 Å². The van der Waals surface area contributed by atoms with E-state index in [2.05, 4.69) is 6.07 Å². The van der Waals surface area contributed by atoms with Gasteiger partial charge in [0.2, 0.25) is 0 Å². The van der Waals surface area contributed by atoms with Gasteiger partial charge < -0.3 is 14.9 Å². The predicted molar refractivity (Wildman–Crippen MR) is 77.4 cm³/mol. The average molecular weight is 269 g/mol. The number of hydrogen-bond donors (Lipinski definition) is 2. The van der Waals surface area contributed by atoms with Crippen molar-refractivity contribution in [2.24, 2.45) is 0 Å². The molecule has 0 aliphatic carbocycles. The molecule has 0 atom stereocenters. The quantitative estimate of drug-likeness (QED) is 0.891. The van der Waals surface area contributed by atoms with E-state index in [0.29, 0.717) is 22.4 Å². The van der Waals surface area contributed by atoms with E-state index in [1.807, 2.05) is 18.2 Å². The van der Waals surface area contributed by atoms with Gasteiger partial charge in [0.15, 0.2) is 0 Å². The normalized spacial score (nSPS) is 11.4. The predicted octanol–water partition coefficient (Wildman–Crippen LogP) is 2.09. The number of fused-ring (bicyclic) bond motifs is 1. The van der Waals surface area contributed by atoms with E-state index < -0.39 is 0 Å². The van der Waals surface area contributed by atoms with Crippen LogP contribution in [0.2, 0.25) is 0 Å². The molecule has 0 fully saturated rings. The number of nitrogens with zero attached hydrogens (tertiary/aromatic N) is 1. The van der Waals surface area contributed by atoms with Crippen LogP contribution in [0.15, 0.2) is 36.4 Å². The third kappa shape index (κ3) is 2.50. The second kappa shape index (κ2) is 6.20. The Morgan fingerprint density at radius 1 is 1.30 bits per heavy atom. The molecule has 0 unspecified atom stereocenters. The zero-order valence-electron chi connectivity index (χ0n) is 11.1. The molecule has 0 amide bonds. The van der Waals surface area contributed by atoms with Crippen LogP contribution in [0, 0.1) is 11.3 Å². The number of nitriles is 1. The molecule has 0 aliphatic heterocycles. The fourth-order valence-corrected chi connectivity index (χ4v) is 2.23. The van der Waals surface area contributed by atoms with E-state index in [1.165, 1.54) is 6.08 Å². The highest BCUT2D eigenvalue weighted by atomic mass is 16.5. The largest absolute Gasteiger partial charge is 0.496 e. The SMILES string of the molecule is COc1ccc2ccc(C#N)cc2c1/C(=C\CO)CO. The smallest absolute Gasteiger partial charge is 0.127 e. The van der Waals surface area contributed by atoms with E-state index in [9.17, 15) is 5.11 Å².